The van der Waals surface area contributed by atoms with E-state index in [1.807, 2.05) is 24.3 Å². The highest BCUT2D eigenvalue weighted by Gasteiger charge is 2.08. The van der Waals surface area contributed by atoms with Crippen LogP contribution in [0.1, 0.15) is 25.3 Å². The first kappa shape index (κ1) is 12.7. The van der Waals surface area contributed by atoms with Crippen LogP contribution in [0.3, 0.4) is 0 Å². The van der Waals surface area contributed by atoms with Gasteiger partial charge in [-0.1, -0.05) is 32.0 Å². The summed E-state index contributed by atoms with van der Waals surface area (Å²) in [6, 6.07) is 7.78. The fraction of sp³-hybridized carbons (Fsp3) is 0.462. The Labute approximate surface area is 96.4 Å². The van der Waals surface area contributed by atoms with Gasteiger partial charge in [-0.15, -0.1) is 0 Å². The summed E-state index contributed by atoms with van der Waals surface area (Å²) in [6.07, 6.45) is 0. The number of rotatable bonds is 6. The number of carbonyl (C=O) groups is 1. The van der Waals surface area contributed by atoms with Crippen molar-refractivity contribution >= 4 is 5.78 Å². The molecular formula is C13H18O3. The molecule has 0 atom stereocenters. The molecule has 0 radical (unpaired) electrons. The molecule has 0 N–H and O–H groups in total. The van der Waals surface area contributed by atoms with E-state index in [0.717, 1.165) is 11.3 Å². The summed E-state index contributed by atoms with van der Waals surface area (Å²) in [6.45, 7) is 4.36. The van der Waals surface area contributed by atoms with Gasteiger partial charge in [-0.25, -0.2) is 0 Å². The number of methoxy groups -OCH3 is 1. The number of hydrogen-bond acceptors (Lipinski definition) is 3. The fourth-order valence-corrected chi connectivity index (χ4v) is 1.45. The first-order chi connectivity index (χ1) is 7.65. The van der Waals surface area contributed by atoms with Crippen LogP contribution < -0.4 is 4.74 Å². The van der Waals surface area contributed by atoms with Gasteiger partial charge in [0.15, 0.2) is 5.78 Å². The number of ether oxygens (including phenoxy) is 2. The van der Waals surface area contributed by atoms with Crippen molar-refractivity contribution in [3.05, 3.63) is 29.8 Å². The van der Waals surface area contributed by atoms with Gasteiger partial charge in [0.25, 0.3) is 0 Å². The summed E-state index contributed by atoms with van der Waals surface area (Å²) < 4.78 is 10.2. The van der Waals surface area contributed by atoms with Gasteiger partial charge >= 0.3 is 0 Å². The minimum atomic E-state index is -0.0546. The maximum atomic E-state index is 11.2. The molecule has 1 aromatic rings. The van der Waals surface area contributed by atoms with Crippen LogP contribution in [0.25, 0.3) is 0 Å². The van der Waals surface area contributed by atoms with Crippen molar-refractivity contribution in [3.8, 4) is 5.75 Å². The summed E-state index contributed by atoms with van der Waals surface area (Å²) in [7, 11) is 1.50. The Bertz CT molecular complexity index is 345. The van der Waals surface area contributed by atoms with Gasteiger partial charge in [-0.05, 0) is 17.5 Å². The van der Waals surface area contributed by atoms with E-state index in [4.69, 9.17) is 9.47 Å². The van der Waals surface area contributed by atoms with Gasteiger partial charge in [-0.3, -0.25) is 4.79 Å². The third kappa shape index (κ3) is 3.66. The lowest BCUT2D eigenvalue weighted by Crippen LogP contribution is -2.16. The Morgan fingerprint density at radius 2 is 1.94 bits per heavy atom. The first-order valence-corrected chi connectivity index (χ1v) is 5.37. The van der Waals surface area contributed by atoms with Crippen LogP contribution in [0.4, 0.5) is 0 Å². The smallest absolute Gasteiger partial charge is 0.195 e. The predicted molar refractivity (Wildman–Crippen MR) is 62.9 cm³/mol. The van der Waals surface area contributed by atoms with Crippen LogP contribution in [0.15, 0.2) is 24.3 Å². The molecule has 3 heteroatoms. The average Bonchev–Trinajstić information content (AvgIpc) is 2.27. The molecule has 1 aromatic carbocycles. The number of ketones is 1. The number of benzene rings is 1. The lowest BCUT2D eigenvalue weighted by molar-refractivity contribution is -0.124. The molecule has 88 valence electrons. The third-order valence-electron chi connectivity index (χ3n) is 2.24. The number of Topliss-reactive ketones (excluding diaryl/α,β-unsaturated/α-hetero) is 1. The highest BCUT2D eigenvalue weighted by atomic mass is 16.5. The van der Waals surface area contributed by atoms with Gasteiger partial charge < -0.3 is 9.47 Å². The van der Waals surface area contributed by atoms with Gasteiger partial charge in [0.1, 0.15) is 19.0 Å². The lowest BCUT2D eigenvalue weighted by Gasteiger charge is -2.13. The molecule has 0 spiro atoms. The molecule has 0 unspecified atom stereocenters. The van der Waals surface area contributed by atoms with Crippen molar-refractivity contribution in [3.63, 3.8) is 0 Å². The second-order valence-electron chi connectivity index (χ2n) is 3.95. The molecule has 0 aliphatic rings. The summed E-state index contributed by atoms with van der Waals surface area (Å²) in [5.41, 5.74) is 1.12. The number of para-hydroxylation sites is 1. The molecule has 0 aliphatic carbocycles. The van der Waals surface area contributed by atoms with E-state index in [1.165, 1.54) is 7.11 Å². The molecule has 0 amide bonds. The van der Waals surface area contributed by atoms with Crippen LogP contribution in [-0.2, 0) is 9.53 Å². The molecule has 0 bridgehead atoms. The van der Waals surface area contributed by atoms with E-state index in [-0.39, 0.29) is 19.0 Å². The summed E-state index contributed by atoms with van der Waals surface area (Å²) >= 11 is 0. The number of carbonyl (C=O) groups excluding carboxylic acids is 1. The van der Waals surface area contributed by atoms with E-state index in [1.54, 1.807) is 0 Å². The zero-order chi connectivity index (χ0) is 12.0. The van der Waals surface area contributed by atoms with Gasteiger partial charge in [0.2, 0.25) is 0 Å². The number of hydrogen-bond donors (Lipinski definition) is 0. The van der Waals surface area contributed by atoms with Crippen molar-refractivity contribution < 1.29 is 14.3 Å². The predicted octanol–water partition coefficient (Wildman–Crippen LogP) is 2.40. The minimum Gasteiger partial charge on any atom is -0.485 e. The Hall–Kier alpha value is -1.35. The van der Waals surface area contributed by atoms with Crippen molar-refractivity contribution in [1.29, 1.82) is 0 Å². The fourth-order valence-electron chi connectivity index (χ4n) is 1.45. The van der Waals surface area contributed by atoms with E-state index in [9.17, 15) is 4.79 Å². The van der Waals surface area contributed by atoms with E-state index in [0.29, 0.717) is 5.92 Å². The van der Waals surface area contributed by atoms with Crippen LogP contribution in [0, 0.1) is 0 Å². The van der Waals surface area contributed by atoms with Crippen molar-refractivity contribution in [1.82, 2.24) is 0 Å². The molecule has 1 rings (SSSR count). The molecular weight excluding hydrogens is 204 g/mol. The largest absolute Gasteiger partial charge is 0.485 e. The second kappa shape index (κ2) is 6.28. The van der Waals surface area contributed by atoms with Gasteiger partial charge in [-0.2, -0.15) is 0 Å². The van der Waals surface area contributed by atoms with Crippen molar-refractivity contribution in [2.75, 3.05) is 20.3 Å². The maximum absolute atomic E-state index is 11.2. The normalized spacial score (nSPS) is 10.5. The quantitative estimate of drug-likeness (QED) is 0.741. The zero-order valence-electron chi connectivity index (χ0n) is 10.0. The lowest BCUT2D eigenvalue weighted by atomic mass is 10.0. The van der Waals surface area contributed by atoms with Crippen LogP contribution >= 0.6 is 0 Å². The van der Waals surface area contributed by atoms with Gasteiger partial charge in [0.05, 0.1) is 0 Å². The molecule has 0 fully saturated rings. The summed E-state index contributed by atoms with van der Waals surface area (Å²) in [4.78, 5) is 11.2. The Balaban J connectivity index is 2.63. The topological polar surface area (TPSA) is 35.5 Å². The highest BCUT2D eigenvalue weighted by Crippen LogP contribution is 2.25. The molecule has 16 heavy (non-hydrogen) atoms. The first-order valence-electron chi connectivity index (χ1n) is 5.37. The highest BCUT2D eigenvalue weighted by molar-refractivity contribution is 5.81. The Morgan fingerprint density at radius 3 is 2.56 bits per heavy atom. The Morgan fingerprint density at radius 1 is 1.25 bits per heavy atom. The molecule has 0 aromatic heterocycles. The van der Waals surface area contributed by atoms with Crippen LogP contribution in [0.2, 0.25) is 0 Å². The SMILES string of the molecule is COCC(=O)COc1ccccc1C(C)C. The van der Waals surface area contributed by atoms with E-state index in [2.05, 4.69) is 13.8 Å². The van der Waals surface area contributed by atoms with E-state index < -0.39 is 0 Å². The van der Waals surface area contributed by atoms with Crippen LogP contribution in [0.5, 0.6) is 5.75 Å². The average molecular weight is 222 g/mol. The third-order valence-corrected chi connectivity index (χ3v) is 2.24. The molecule has 0 heterocycles. The van der Waals surface area contributed by atoms with Gasteiger partial charge in [0, 0.05) is 7.11 Å². The zero-order valence-corrected chi connectivity index (χ0v) is 10.0. The Kier molecular flexibility index (Phi) is 4.99. The summed E-state index contributed by atoms with van der Waals surface area (Å²) in [5.74, 6) is 1.11. The van der Waals surface area contributed by atoms with Crippen molar-refractivity contribution in [2.24, 2.45) is 0 Å². The maximum Gasteiger partial charge on any atom is 0.195 e. The minimum absolute atomic E-state index is 0.0546. The van der Waals surface area contributed by atoms with Crippen LogP contribution in [-0.4, -0.2) is 26.1 Å². The standard InChI is InChI=1S/C13H18O3/c1-10(2)12-6-4-5-7-13(12)16-9-11(14)8-15-3/h4-7,10H,8-9H2,1-3H3. The van der Waals surface area contributed by atoms with E-state index >= 15 is 0 Å². The monoisotopic (exact) mass is 222 g/mol. The molecule has 0 saturated heterocycles. The molecule has 0 aliphatic heterocycles. The van der Waals surface area contributed by atoms with Crippen molar-refractivity contribution in [2.45, 2.75) is 19.8 Å². The summed E-state index contributed by atoms with van der Waals surface area (Å²) in [5, 5.41) is 0. The molecule has 3 nitrogen and oxygen atoms in total. The second-order valence-corrected chi connectivity index (χ2v) is 3.95. The molecule has 0 saturated carbocycles.